The van der Waals surface area contributed by atoms with Crippen LogP contribution >= 0.6 is 15.9 Å². The fourth-order valence-corrected chi connectivity index (χ4v) is 3.19. The van der Waals surface area contributed by atoms with Crippen LogP contribution in [0.15, 0.2) is 33.8 Å². The Morgan fingerprint density at radius 3 is 2.64 bits per heavy atom. The quantitative estimate of drug-likeness (QED) is 0.392. The van der Waals surface area contributed by atoms with Crippen LogP contribution < -0.4 is 20.0 Å². The molecule has 0 bridgehead atoms. The van der Waals surface area contributed by atoms with Crippen LogP contribution in [-0.4, -0.2) is 30.8 Å². The summed E-state index contributed by atoms with van der Waals surface area (Å²) in [6.07, 6.45) is 1.17. The van der Waals surface area contributed by atoms with Gasteiger partial charge in [0, 0.05) is 17.4 Å². The first kappa shape index (κ1) is 21.2. The number of aryl methyl sites for hydroxylation is 2. The van der Waals surface area contributed by atoms with E-state index < -0.39 is 22.3 Å². The molecule has 0 spiro atoms. The number of carbonyl (C=O) groups is 1. The second-order valence-corrected chi connectivity index (χ2v) is 6.66. The van der Waals surface area contributed by atoms with E-state index in [4.69, 9.17) is 9.47 Å². The van der Waals surface area contributed by atoms with Gasteiger partial charge < -0.3 is 14.6 Å². The van der Waals surface area contributed by atoms with Crippen molar-refractivity contribution in [3.05, 3.63) is 55.5 Å². The minimum Gasteiger partial charge on any atom is -0.865 e. The lowest BCUT2D eigenvalue weighted by Crippen LogP contribution is -2.24. The molecule has 0 radical (unpaired) electrons. The van der Waals surface area contributed by atoms with E-state index >= 15 is 0 Å². The van der Waals surface area contributed by atoms with Gasteiger partial charge in [-0.2, -0.15) is 5.10 Å². The zero-order valence-electron chi connectivity index (χ0n) is 15.3. The number of hydrazone groups is 1. The van der Waals surface area contributed by atoms with E-state index in [1.54, 1.807) is 0 Å². The van der Waals surface area contributed by atoms with Crippen molar-refractivity contribution >= 4 is 33.7 Å². The van der Waals surface area contributed by atoms with Crippen molar-refractivity contribution in [1.82, 2.24) is 5.43 Å². The van der Waals surface area contributed by atoms with Crippen molar-refractivity contribution in [3.8, 4) is 17.2 Å². The fraction of sp³-hybridized carbons (Fsp3) is 0.222. The Hall–Kier alpha value is -3.14. The van der Waals surface area contributed by atoms with E-state index in [9.17, 15) is 20.0 Å². The molecule has 0 heterocycles. The summed E-state index contributed by atoms with van der Waals surface area (Å²) in [7, 11) is 1.23. The van der Waals surface area contributed by atoms with Gasteiger partial charge in [0.15, 0.2) is 6.61 Å². The molecule has 1 N–H and O–H groups in total. The van der Waals surface area contributed by atoms with Crippen LogP contribution in [0.25, 0.3) is 0 Å². The van der Waals surface area contributed by atoms with Gasteiger partial charge in [0.05, 0.1) is 22.7 Å². The highest BCUT2D eigenvalue weighted by atomic mass is 79.9. The van der Waals surface area contributed by atoms with Crippen LogP contribution in [0.1, 0.15) is 16.7 Å². The monoisotopic (exact) mass is 450 g/mol. The Morgan fingerprint density at radius 1 is 1.32 bits per heavy atom. The number of carbonyl (C=O) groups excluding carboxylic acids is 1. The van der Waals surface area contributed by atoms with Gasteiger partial charge in [0.25, 0.3) is 11.6 Å². The highest BCUT2D eigenvalue weighted by Crippen LogP contribution is 2.34. The van der Waals surface area contributed by atoms with Crippen molar-refractivity contribution in [2.45, 2.75) is 13.8 Å². The molecule has 0 aliphatic heterocycles. The van der Waals surface area contributed by atoms with E-state index in [2.05, 4.69) is 26.5 Å². The number of methoxy groups -OCH3 is 1. The molecule has 0 unspecified atom stereocenters. The minimum absolute atomic E-state index is 0.190. The number of nitro benzene ring substituents is 1. The molecular formula is C18H17BrN3O6-. The second kappa shape index (κ2) is 9.18. The van der Waals surface area contributed by atoms with Gasteiger partial charge in [-0.05, 0) is 53.0 Å². The summed E-state index contributed by atoms with van der Waals surface area (Å²) in [5.74, 6) is -0.993. The standard InChI is InChI=1S/C18H18BrN3O6/c1-10-4-11(2)18(13(19)5-10)28-9-16(23)21-20-8-12-6-14(22(25)26)17(24)15(7-12)27-3/h4-8,24H,9H2,1-3H3,(H,21,23)/p-1. The molecule has 0 saturated carbocycles. The maximum absolute atomic E-state index is 11.9. The zero-order valence-corrected chi connectivity index (χ0v) is 16.9. The third-order valence-corrected chi connectivity index (χ3v) is 4.19. The van der Waals surface area contributed by atoms with Crippen molar-refractivity contribution in [2.24, 2.45) is 5.10 Å². The smallest absolute Gasteiger partial charge is 0.277 e. The Bertz CT molecular complexity index is 922. The Morgan fingerprint density at radius 2 is 2.04 bits per heavy atom. The van der Waals surface area contributed by atoms with Crippen LogP contribution in [0.2, 0.25) is 0 Å². The molecule has 148 valence electrons. The normalized spacial score (nSPS) is 10.7. The molecule has 2 aromatic rings. The summed E-state index contributed by atoms with van der Waals surface area (Å²) < 4.78 is 11.1. The van der Waals surface area contributed by atoms with Gasteiger partial charge >= 0.3 is 0 Å². The van der Waals surface area contributed by atoms with Gasteiger partial charge in [-0.25, -0.2) is 5.43 Å². The Kier molecular flexibility index (Phi) is 6.94. The van der Waals surface area contributed by atoms with Gasteiger partial charge in [0.1, 0.15) is 11.5 Å². The maximum atomic E-state index is 11.9. The maximum Gasteiger partial charge on any atom is 0.277 e. The van der Waals surface area contributed by atoms with Crippen molar-refractivity contribution < 1.29 is 24.3 Å². The lowest BCUT2D eigenvalue weighted by atomic mass is 10.1. The number of halogens is 1. The summed E-state index contributed by atoms with van der Waals surface area (Å²) in [4.78, 5) is 22.0. The molecule has 28 heavy (non-hydrogen) atoms. The molecular weight excluding hydrogens is 434 g/mol. The number of benzene rings is 2. The summed E-state index contributed by atoms with van der Waals surface area (Å²) in [5.41, 5.74) is 3.76. The largest absolute Gasteiger partial charge is 0.865 e. The molecule has 1 amide bonds. The zero-order chi connectivity index (χ0) is 20.8. The summed E-state index contributed by atoms with van der Waals surface area (Å²) in [6.45, 7) is 3.54. The molecule has 9 nitrogen and oxygen atoms in total. The van der Waals surface area contributed by atoms with E-state index in [0.29, 0.717) is 5.75 Å². The molecule has 0 aliphatic rings. The van der Waals surface area contributed by atoms with Crippen LogP contribution in [0.3, 0.4) is 0 Å². The Labute approximate surface area is 169 Å². The molecule has 0 aromatic heterocycles. The van der Waals surface area contributed by atoms with Crippen molar-refractivity contribution in [3.63, 3.8) is 0 Å². The van der Waals surface area contributed by atoms with Gasteiger partial charge in [-0.1, -0.05) is 6.07 Å². The lowest BCUT2D eigenvalue weighted by Gasteiger charge is -2.13. The summed E-state index contributed by atoms with van der Waals surface area (Å²) in [6, 6.07) is 6.13. The van der Waals surface area contributed by atoms with Gasteiger partial charge in [-0.15, -0.1) is 0 Å². The number of ether oxygens (including phenoxy) is 2. The number of hydrogen-bond donors (Lipinski definition) is 1. The molecule has 10 heteroatoms. The van der Waals surface area contributed by atoms with E-state index in [1.165, 1.54) is 19.4 Å². The van der Waals surface area contributed by atoms with Crippen LogP contribution in [0.5, 0.6) is 17.2 Å². The molecule has 0 aliphatic carbocycles. The number of amides is 1. The summed E-state index contributed by atoms with van der Waals surface area (Å²) in [5, 5.41) is 26.4. The number of nitrogens with one attached hydrogen (secondary N) is 1. The SMILES string of the molecule is COc1cc(C=NNC(=O)COc2c(C)cc(C)cc2Br)cc([N+](=O)[O-])c1[O-]. The van der Waals surface area contributed by atoms with Crippen LogP contribution in [0, 0.1) is 24.0 Å². The molecule has 2 rings (SSSR count). The molecule has 0 saturated heterocycles. The van der Waals surface area contributed by atoms with E-state index in [1.807, 2.05) is 26.0 Å². The average molecular weight is 451 g/mol. The van der Waals surface area contributed by atoms with E-state index in [0.717, 1.165) is 21.7 Å². The Balaban J connectivity index is 2.02. The second-order valence-electron chi connectivity index (χ2n) is 5.80. The first-order chi connectivity index (χ1) is 13.2. The molecule has 2 aromatic carbocycles. The predicted molar refractivity (Wildman–Crippen MR) is 104 cm³/mol. The highest BCUT2D eigenvalue weighted by molar-refractivity contribution is 9.10. The predicted octanol–water partition coefficient (Wildman–Crippen LogP) is 2.59. The van der Waals surface area contributed by atoms with Gasteiger partial charge in [-0.3, -0.25) is 14.9 Å². The topological polar surface area (TPSA) is 126 Å². The van der Waals surface area contributed by atoms with Crippen molar-refractivity contribution in [1.29, 1.82) is 0 Å². The lowest BCUT2D eigenvalue weighted by molar-refractivity contribution is -0.398. The van der Waals surface area contributed by atoms with Crippen molar-refractivity contribution in [2.75, 3.05) is 13.7 Å². The minimum atomic E-state index is -0.832. The number of nitro groups is 1. The third-order valence-electron chi connectivity index (χ3n) is 3.60. The molecule has 0 fully saturated rings. The van der Waals surface area contributed by atoms with E-state index in [-0.39, 0.29) is 17.9 Å². The van der Waals surface area contributed by atoms with Crippen LogP contribution in [0.4, 0.5) is 5.69 Å². The summed E-state index contributed by atoms with van der Waals surface area (Å²) >= 11 is 3.39. The highest BCUT2D eigenvalue weighted by Gasteiger charge is 2.13. The fourth-order valence-electron chi connectivity index (χ4n) is 2.40. The first-order valence-corrected chi connectivity index (χ1v) is 8.77. The first-order valence-electron chi connectivity index (χ1n) is 7.97. The number of rotatable bonds is 7. The number of hydrogen-bond acceptors (Lipinski definition) is 7. The van der Waals surface area contributed by atoms with Gasteiger partial charge in [0.2, 0.25) is 0 Å². The average Bonchev–Trinajstić information content (AvgIpc) is 2.61. The van der Waals surface area contributed by atoms with Crippen LogP contribution in [-0.2, 0) is 4.79 Å². The molecule has 0 atom stereocenters. The third kappa shape index (κ3) is 5.19. The number of nitrogens with zero attached hydrogens (tertiary/aromatic N) is 2.